The molecule has 7 nitrogen and oxygen atoms in total. The number of nitrogens with one attached hydrogen (secondary N) is 3. The number of rotatable bonds is 6. The highest BCUT2D eigenvalue weighted by molar-refractivity contribution is 7.89. The molecule has 1 amide bonds. The fourth-order valence-corrected chi connectivity index (χ4v) is 3.42. The lowest BCUT2D eigenvalue weighted by molar-refractivity contribution is -0.123. The zero-order valence-corrected chi connectivity index (χ0v) is 15.4. The van der Waals surface area contributed by atoms with Gasteiger partial charge in [0.15, 0.2) is 0 Å². The van der Waals surface area contributed by atoms with E-state index in [4.69, 9.17) is 4.74 Å². The second-order valence-corrected chi connectivity index (χ2v) is 7.19. The fourth-order valence-electron chi connectivity index (χ4n) is 2.28. The van der Waals surface area contributed by atoms with Gasteiger partial charge in [0.1, 0.15) is 6.04 Å². The molecule has 0 aliphatic carbocycles. The van der Waals surface area contributed by atoms with Gasteiger partial charge in [-0.1, -0.05) is 6.92 Å². The summed E-state index contributed by atoms with van der Waals surface area (Å²) in [5, 5.41) is 5.87. The van der Waals surface area contributed by atoms with E-state index in [1.807, 2.05) is 13.8 Å². The number of morpholine rings is 1. The van der Waals surface area contributed by atoms with Crippen molar-refractivity contribution < 1.29 is 17.9 Å². The van der Waals surface area contributed by atoms with Crippen molar-refractivity contribution in [3.05, 3.63) is 24.3 Å². The maximum absolute atomic E-state index is 12.2. The highest BCUT2D eigenvalue weighted by Gasteiger charge is 2.28. The van der Waals surface area contributed by atoms with Gasteiger partial charge in [-0.2, -0.15) is 0 Å². The maximum Gasteiger partial charge on any atom is 0.244 e. The summed E-state index contributed by atoms with van der Waals surface area (Å²) in [7, 11) is -3.49. The van der Waals surface area contributed by atoms with Gasteiger partial charge in [0, 0.05) is 18.8 Å². The van der Waals surface area contributed by atoms with Crippen LogP contribution in [0, 0.1) is 0 Å². The monoisotopic (exact) mass is 377 g/mol. The molecule has 1 fully saturated rings. The number of carbonyl (C=O) groups is 1. The Balaban J connectivity index is 0.00000288. The third-order valence-electron chi connectivity index (χ3n) is 3.57. The number of hydrogen-bond acceptors (Lipinski definition) is 5. The molecule has 1 aliphatic heterocycles. The molecular formula is C15H24ClN3O4S. The van der Waals surface area contributed by atoms with Crippen LogP contribution in [0.3, 0.4) is 0 Å². The Labute approximate surface area is 149 Å². The second-order valence-electron chi connectivity index (χ2n) is 5.42. The number of amides is 1. The quantitative estimate of drug-likeness (QED) is 0.690. The number of anilines is 1. The van der Waals surface area contributed by atoms with Crippen molar-refractivity contribution in [2.24, 2.45) is 0 Å². The van der Waals surface area contributed by atoms with Crippen molar-refractivity contribution in [2.45, 2.75) is 37.3 Å². The number of halogens is 1. The first kappa shape index (κ1) is 20.9. The highest BCUT2D eigenvalue weighted by atomic mass is 35.5. The summed E-state index contributed by atoms with van der Waals surface area (Å²) in [4.78, 5) is 12.4. The van der Waals surface area contributed by atoms with Gasteiger partial charge >= 0.3 is 0 Å². The van der Waals surface area contributed by atoms with Crippen LogP contribution in [0.5, 0.6) is 0 Å². The van der Waals surface area contributed by atoms with Gasteiger partial charge in [0.2, 0.25) is 15.9 Å². The van der Waals surface area contributed by atoms with Crippen LogP contribution in [0.1, 0.15) is 20.3 Å². The first-order valence-electron chi connectivity index (χ1n) is 7.69. The number of benzene rings is 1. The Hall–Kier alpha value is -1.19. The molecule has 1 aromatic carbocycles. The average Bonchev–Trinajstić information content (AvgIpc) is 2.54. The largest absolute Gasteiger partial charge is 0.375 e. The van der Waals surface area contributed by atoms with E-state index in [-0.39, 0.29) is 29.3 Å². The van der Waals surface area contributed by atoms with E-state index in [1.165, 1.54) is 12.1 Å². The van der Waals surface area contributed by atoms with Crippen LogP contribution in [0.15, 0.2) is 29.2 Å². The first-order chi connectivity index (χ1) is 10.9. The molecule has 136 valence electrons. The van der Waals surface area contributed by atoms with Crippen LogP contribution < -0.4 is 15.4 Å². The average molecular weight is 378 g/mol. The molecule has 0 bridgehead atoms. The molecule has 0 saturated carbocycles. The van der Waals surface area contributed by atoms with Gasteiger partial charge in [0.25, 0.3) is 0 Å². The van der Waals surface area contributed by atoms with E-state index < -0.39 is 16.1 Å². The summed E-state index contributed by atoms with van der Waals surface area (Å²) in [6, 6.07) is 5.68. The Kier molecular flexibility index (Phi) is 8.11. The van der Waals surface area contributed by atoms with Crippen molar-refractivity contribution in [2.75, 3.05) is 25.0 Å². The predicted molar refractivity (Wildman–Crippen MR) is 95.0 cm³/mol. The van der Waals surface area contributed by atoms with Crippen molar-refractivity contribution in [1.82, 2.24) is 10.0 Å². The molecule has 2 atom stereocenters. The lowest BCUT2D eigenvalue weighted by Gasteiger charge is -2.29. The van der Waals surface area contributed by atoms with Crippen molar-refractivity contribution in [3.63, 3.8) is 0 Å². The summed E-state index contributed by atoms with van der Waals surface area (Å²) in [6.45, 7) is 5.34. The fraction of sp³-hybridized carbons (Fsp3) is 0.533. The third kappa shape index (κ3) is 5.42. The Bertz CT molecular complexity index is 637. The van der Waals surface area contributed by atoms with E-state index >= 15 is 0 Å². The Morgan fingerprint density at radius 1 is 1.33 bits per heavy atom. The van der Waals surface area contributed by atoms with Gasteiger partial charge in [0.05, 0.1) is 17.6 Å². The molecule has 9 heteroatoms. The molecular weight excluding hydrogens is 354 g/mol. The van der Waals surface area contributed by atoms with E-state index in [0.29, 0.717) is 25.4 Å². The van der Waals surface area contributed by atoms with Crippen LogP contribution in [0.25, 0.3) is 0 Å². The minimum Gasteiger partial charge on any atom is -0.375 e. The summed E-state index contributed by atoms with van der Waals surface area (Å²) in [5.41, 5.74) is 0.545. The topological polar surface area (TPSA) is 96.5 Å². The molecule has 3 N–H and O–H groups in total. The molecule has 0 radical (unpaired) electrons. The smallest absolute Gasteiger partial charge is 0.244 e. The molecule has 1 heterocycles. The first-order valence-corrected chi connectivity index (χ1v) is 9.18. The SMILES string of the molecule is CCCNS(=O)(=O)c1ccc(NC(=O)[C@H]2NCCO[C@@H]2C)cc1.Cl. The zero-order chi connectivity index (χ0) is 16.9. The van der Waals surface area contributed by atoms with Crippen molar-refractivity contribution in [1.29, 1.82) is 0 Å². The van der Waals surface area contributed by atoms with Crippen LogP contribution >= 0.6 is 12.4 Å². The van der Waals surface area contributed by atoms with E-state index in [0.717, 1.165) is 6.42 Å². The second kappa shape index (κ2) is 9.33. The van der Waals surface area contributed by atoms with E-state index in [1.54, 1.807) is 12.1 Å². The summed E-state index contributed by atoms with van der Waals surface area (Å²) in [5.74, 6) is -0.197. The van der Waals surface area contributed by atoms with Gasteiger partial charge in [-0.25, -0.2) is 13.1 Å². The zero-order valence-electron chi connectivity index (χ0n) is 13.7. The van der Waals surface area contributed by atoms with E-state index in [2.05, 4.69) is 15.4 Å². The van der Waals surface area contributed by atoms with Crippen LogP contribution in [-0.4, -0.2) is 46.2 Å². The molecule has 1 aliphatic rings. The number of carbonyl (C=O) groups excluding carboxylic acids is 1. The molecule has 0 spiro atoms. The lowest BCUT2D eigenvalue weighted by Crippen LogP contribution is -2.53. The Morgan fingerprint density at radius 3 is 2.58 bits per heavy atom. The molecule has 2 rings (SSSR count). The van der Waals surface area contributed by atoms with Crippen molar-refractivity contribution >= 4 is 34.0 Å². The molecule has 24 heavy (non-hydrogen) atoms. The lowest BCUT2D eigenvalue weighted by atomic mass is 10.1. The van der Waals surface area contributed by atoms with Crippen LogP contribution in [-0.2, 0) is 19.6 Å². The standard InChI is InChI=1S/C15H23N3O4S.ClH/c1-3-8-17-23(20,21)13-6-4-12(5-7-13)18-15(19)14-11(2)22-10-9-16-14;/h4-7,11,14,16-17H,3,8-10H2,1-2H3,(H,18,19);1H/t11-,14+;/m1./s1. The van der Waals surface area contributed by atoms with E-state index in [9.17, 15) is 13.2 Å². The molecule has 0 aromatic heterocycles. The van der Waals surface area contributed by atoms with Gasteiger partial charge in [-0.15, -0.1) is 12.4 Å². The van der Waals surface area contributed by atoms with Crippen molar-refractivity contribution in [3.8, 4) is 0 Å². The van der Waals surface area contributed by atoms with Gasteiger partial charge in [-0.05, 0) is 37.6 Å². The Morgan fingerprint density at radius 2 is 2.00 bits per heavy atom. The normalized spacial score (nSPS) is 20.9. The molecule has 0 unspecified atom stereocenters. The third-order valence-corrected chi connectivity index (χ3v) is 5.05. The molecule has 1 saturated heterocycles. The van der Waals surface area contributed by atoms with Gasteiger partial charge < -0.3 is 15.4 Å². The maximum atomic E-state index is 12.2. The number of ether oxygens (including phenoxy) is 1. The van der Waals surface area contributed by atoms with Crippen LogP contribution in [0.2, 0.25) is 0 Å². The number of sulfonamides is 1. The predicted octanol–water partition coefficient (Wildman–Crippen LogP) is 1.11. The highest BCUT2D eigenvalue weighted by Crippen LogP contribution is 2.15. The summed E-state index contributed by atoms with van der Waals surface area (Å²) < 4.78 is 31.9. The minimum atomic E-state index is -3.49. The summed E-state index contributed by atoms with van der Waals surface area (Å²) in [6.07, 6.45) is 0.517. The molecule has 1 aromatic rings. The van der Waals surface area contributed by atoms with Crippen LogP contribution in [0.4, 0.5) is 5.69 Å². The summed E-state index contributed by atoms with van der Waals surface area (Å²) >= 11 is 0. The minimum absolute atomic E-state index is 0. The van der Waals surface area contributed by atoms with Gasteiger partial charge in [-0.3, -0.25) is 4.79 Å². The number of hydrogen-bond donors (Lipinski definition) is 3.